The van der Waals surface area contributed by atoms with Gasteiger partial charge in [-0.05, 0) is 56.7 Å². The van der Waals surface area contributed by atoms with Crippen LogP contribution in [-0.4, -0.2) is 11.8 Å². The molecule has 0 heterocycles. The van der Waals surface area contributed by atoms with Gasteiger partial charge < -0.3 is 9.47 Å². The predicted molar refractivity (Wildman–Crippen MR) is 76.1 cm³/mol. The fourth-order valence-corrected chi connectivity index (χ4v) is 1.90. The monoisotopic (exact) mass is 294 g/mol. The van der Waals surface area contributed by atoms with Gasteiger partial charge in [-0.3, -0.25) is 4.79 Å². The molecule has 1 aromatic carbocycles. The number of hydrogen-bond donors (Lipinski definition) is 0. The van der Waals surface area contributed by atoms with Crippen molar-refractivity contribution in [2.24, 2.45) is 0 Å². The van der Waals surface area contributed by atoms with Gasteiger partial charge in [0.2, 0.25) is 0 Å². The van der Waals surface area contributed by atoms with Crippen molar-refractivity contribution in [3.63, 3.8) is 0 Å². The topological polar surface area (TPSA) is 52.6 Å². The molecule has 0 bridgehead atoms. The third-order valence-electron chi connectivity index (χ3n) is 3.42. The number of carbonyl (C=O) groups is 1. The van der Waals surface area contributed by atoms with E-state index in [0.717, 1.165) is 18.4 Å². The van der Waals surface area contributed by atoms with Gasteiger partial charge in [0.1, 0.15) is 5.60 Å². The molecule has 1 fully saturated rings. The van der Waals surface area contributed by atoms with Gasteiger partial charge in [0.15, 0.2) is 11.6 Å². The number of hydrogen-bond acceptors (Lipinski definition) is 4. The lowest BCUT2D eigenvalue weighted by molar-refractivity contribution is 0.0204. The van der Waals surface area contributed by atoms with Crippen molar-refractivity contribution in [2.45, 2.75) is 51.6 Å². The van der Waals surface area contributed by atoms with Crippen molar-refractivity contribution < 1.29 is 18.7 Å². The zero-order valence-electron chi connectivity index (χ0n) is 12.7. The molecule has 4 nitrogen and oxygen atoms in total. The maximum Gasteiger partial charge on any atom is 0.514 e. The lowest BCUT2D eigenvalue weighted by Crippen LogP contribution is -2.27. The van der Waals surface area contributed by atoms with E-state index in [4.69, 9.17) is 9.47 Å². The first-order valence-corrected chi connectivity index (χ1v) is 6.86. The Bertz CT molecular complexity index is 627. The number of rotatable bonds is 2. The number of ether oxygens (including phenoxy) is 2. The van der Waals surface area contributed by atoms with E-state index in [0.29, 0.717) is 0 Å². The summed E-state index contributed by atoms with van der Waals surface area (Å²) in [6.07, 6.45) is 0.879. The minimum atomic E-state index is -1.02. The van der Waals surface area contributed by atoms with Gasteiger partial charge >= 0.3 is 6.16 Å². The number of halogens is 1. The Kier molecular flexibility index (Phi) is 3.78. The van der Waals surface area contributed by atoms with E-state index in [2.05, 4.69) is 0 Å². The summed E-state index contributed by atoms with van der Waals surface area (Å²) in [6, 6.07) is 4.17. The molecule has 0 N–H and O–H groups in total. The lowest BCUT2D eigenvalue weighted by atomic mass is 10.0. The van der Waals surface area contributed by atoms with E-state index >= 15 is 0 Å². The van der Waals surface area contributed by atoms with Gasteiger partial charge in [-0.2, -0.15) is 0 Å². The largest absolute Gasteiger partial charge is 0.514 e. The van der Waals surface area contributed by atoms with Crippen molar-refractivity contribution in [2.75, 3.05) is 0 Å². The van der Waals surface area contributed by atoms with Gasteiger partial charge in [0.25, 0.3) is 5.43 Å². The quantitative estimate of drug-likeness (QED) is 0.783. The molecule has 2 rings (SSSR count). The molecular formula is C16H19FO4. The Morgan fingerprint density at radius 2 is 1.90 bits per heavy atom. The Balaban J connectivity index is 2.29. The molecule has 0 unspecified atom stereocenters. The second-order valence-electron chi connectivity index (χ2n) is 6.60. The third kappa shape index (κ3) is 3.80. The molecule has 0 amide bonds. The zero-order chi connectivity index (χ0) is 15.8. The highest BCUT2D eigenvalue weighted by molar-refractivity contribution is 5.64. The molecule has 0 radical (unpaired) electrons. The Morgan fingerprint density at radius 1 is 1.29 bits per heavy atom. The average Bonchev–Trinajstić information content (AvgIpc) is 3.08. The standard InChI is InChI=1S/C16H19FO4/c1-15(2,3)21-14(19)20-12-6-5-10(16(4)7-8-16)9-11(17)13(12)18/h5-6,9H,7-8H2,1-4H3. The second-order valence-corrected chi connectivity index (χ2v) is 6.60. The normalized spacial score (nSPS) is 16.2. The summed E-state index contributed by atoms with van der Waals surface area (Å²) < 4.78 is 23.7. The minimum absolute atomic E-state index is 0.0878. The van der Waals surface area contributed by atoms with Gasteiger partial charge in [0.05, 0.1) is 0 Å². The molecule has 0 aromatic heterocycles. The summed E-state index contributed by atoms with van der Waals surface area (Å²) in [5, 5.41) is 0. The predicted octanol–water partition coefficient (Wildman–Crippen LogP) is 3.55. The van der Waals surface area contributed by atoms with Gasteiger partial charge in [-0.15, -0.1) is 0 Å². The van der Waals surface area contributed by atoms with Crippen LogP contribution < -0.4 is 10.2 Å². The van der Waals surface area contributed by atoms with Crippen LogP contribution in [0.1, 0.15) is 46.1 Å². The summed E-state index contributed by atoms with van der Waals surface area (Å²) in [6.45, 7) is 7.01. The van der Waals surface area contributed by atoms with Crippen LogP contribution in [0.2, 0.25) is 0 Å². The molecule has 1 aliphatic carbocycles. The average molecular weight is 294 g/mol. The first-order valence-electron chi connectivity index (χ1n) is 6.86. The molecule has 5 heteroatoms. The van der Waals surface area contributed by atoms with Crippen molar-refractivity contribution in [3.8, 4) is 5.75 Å². The maximum absolute atomic E-state index is 13.9. The highest BCUT2D eigenvalue weighted by Crippen LogP contribution is 2.47. The van der Waals surface area contributed by atoms with E-state index in [1.165, 1.54) is 12.1 Å². The SMILES string of the molecule is CC(C)(C)OC(=O)Oc1ccc(C2(C)CC2)cc(F)c1=O. The molecule has 0 spiro atoms. The van der Waals surface area contributed by atoms with Crippen LogP contribution >= 0.6 is 0 Å². The summed E-state index contributed by atoms with van der Waals surface area (Å²) in [5.41, 5.74) is -1.05. The summed E-state index contributed by atoms with van der Waals surface area (Å²) in [4.78, 5) is 23.4. The Hall–Kier alpha value is -1.91. The van der Waals surface area contributed by atoms with Crippen LogP contribution in [-0.2, 0) is 10.2 Å². The van der Waals surface area contributed by atoms with E-state index in [9.17, 15) is 14.0 Å². The van der Waals surface area contributed by atoms with Gasteiger partial charge in [-0.25, -0.2) is 9.18 Å². The summed E-state index contributed by atoms with van der Waals surface area (Å²) in [5.74, 6) is -1.29. The molecule has 0 aliphatic heterocycles. The maximum atomic E-state index is 13.9. The number of carbonyl (C=O) groups excluding carboxylic acids is 1. The molecular weight excluding hydrogens is 275 g/mol. The first kappa shape index (κ1) is 15.5. The van der Waals surface area contributed by atoms with Crippen molar-refractivity contribution >= 4 is 6.16 Å². The highest BCUT2D eigenvalue weighted by atomic mass is 19.1. The lowest BCUT2D eigenvalue weighted by Gasteiger charge is -2.18. The Morgan fingerprint density at radius 3 is 2.43 bits per heavy atom. The van der Waals surface area contributed by atoms with E-state index in [1.54, 1.807) is 26.8 Å². The van der Waals surface area contributed by atoms with E-state index in [1.807, 2.05) is 6.92 Å². The molecule has 0 saturated heterocycles. The smallest absolute Gasteiger partial charge is 0.428 e. The third-order valence-corrected chi connectivity index (χ3v) is 3.42. The van der Waals surface area contributed by atoms with Crippen molar-refractivity contribution in [3.05, 3.63) is 39.8 Å². The molecule has 1 aliphatic rings. The molecule has 0 atom stereocenters. The van der Waals surface area contributed by atoms with Crippen LogP contribution in [0.15, 0.2) is 23.0 Å². The fourth-order valence-electron chi connectivity index (χ4n) is 1.90. The first-order chi connectivity index (χ1) is 9.61. The van der Waals surface area contributed by atoms with Crippen molar-refractivity contribution in [1.82, 2.24) is 0 Å². The molecule has 21 heavy (non-hydrogen) atoms. The van der Waals surface area contributed by atoms with Crippen LogP contribution in [0, 0.1) is 5.82 Å². The second kappa shape index (κ2) is 5.13. The minimum Gasteiger partial charge on any atom is -0.428 e. The van der Waals surface area contributed by atoms with Crippen LogP contribution in [0.25, 0.3) is 0 Å². The molecule has 1 saturated carbocycles. The van der Waals surface area contributed by atoms with Crippen LogP contribution in [0.3, 0.4) is 0 Å². The van der Waals surface area contributed by atoms with Crippen LogP contribution in [0.4, 0.5) is 9.18 Å². The summed E-state index contributed by atoms with van der Waals surface area (Å²) >= 11 is 0. The molecule has 114 valence electrons. The Labute approximate surface area is 122 Å². The van der Waals surface area contributed by atoms with E-state index < -0.39 is 23.0 Å². The van der Waals surface area contributed by atoms with Crippen LogP contribution in [0.5, 0.6) is 5.75 Å². The highest BCUT2D eigenvalue weighted by Gasteiger charge is 2.39. The summed E-state index contributed by atoms with van der Waals surface area (Å²) in [7, 11) is 0. The van der Waals surface area contributed by atoms with Crippen molar-refractivity contribution in [1.29, 1.82) is 0 Å². The van der Waals surface area contributed by atoms with Gasteiger partial charge in [0, 0.05) is 0 Å². The fraction of sp³-hybridized carbons (Fsp3) is 0.500. The molecule has 1 aromatic rings. The van der Waals surface area contributed by atoms with Gasteiger partial charge in [-0.1, -0.05) is 13.0 Å². The van der Waals surface area contributed by atoms with E-state index in [-0.39, 0.29) is 11.2 Å². The zero-order valence-corrected chi connectivity index (χ0v) is 12.7.